The fourth-order valence-corrected chi connectivity index (χ4v) is 1.51. The third kappa shape index (κ3) is 2.96. The quantitative estimate of drug-likeness (QED) is 0.766. The lowest BCUT2D eigenvalue weighted by atomic mass is 10.3. The number of nitrogens with one attached hydrogen (secondary N) is 1. The number of rotatable bonds is 1. The summed E-state index contributed by atoms with van der Waals surface area (Å²) in [6.45, 7) is 0. The summed E-state index contributed by atoms with van der Waals surface area (Å²) in [7, 11) is 0. The molecule has 2 nitrogen and oxygen atoms in total. The second-order valence-electron chi connectivity index (χ2n) is 3.20. The molecule has 0 amide bonds. The van der Waals surface area contributed by atoms with Crippen molar-refractivity contribution in [2.45, 2.75) is 6.42 Å². The van der Waals surface area contributed by atoms with Gasteiger partial charge in [0.05, 0.1) is 0 Å². The number of halogens is 1. The van der Waals surface area contributed by atoms with Gasteiger partial charge in [-0.3, -0.25) is 0 Å². The van der Waals surface area contributed by atoms with Crippen LogP contribution in [0.25, 0.3) is 0 Å². The molecule has 0 spiro atoms. The number of hydrogen-bond donors (Lipinski definition) is 1. The van der Waals surface area contributed by atoms with E-state index < -0.39 is 0 Å². The van der Waals surface area contributed by atoms with Gasteiger partial charge in [-0.2, -0.15) is 0 Å². The maximum Gasteiger partial charge on any atom is 0.111 e. The van der Waals surface area contributed by atoms with E-state index in [-0.39, 0.29) is 0 Å². The molecule has 0 atom stereocenters. The van der Waals surface area contributed by atoms with Crippen molar-refractivity contribution in [3.05, 3.63) is 53.7 Å². The van der Waals surface area contributed by atoms with E-state index in [1.807, 2.05) is 42.5 Å². The van der Waals surface area contributed by atoms with Gasteiger partial charge in [0.15, 0.2) is 0 Å². The molecule has 1 aromatic carbocycles. The van der Waals surface area contributed by atoms with Crippen LogP contribution in [0.3, 0.4) is 0 Å². The Bertz CT molecular complexity index is 419. The molecule has 1 heterocycles. The van der Waals surface area contributed by atoms with Gasteiger partial charge in [-0.25, -0.2) is 4.99 Å². The number of allylic oxidation sites excluding steroid dienone is 2. The fourth-order valence-electron chi connectivity index (χ4n) is 1.31. The summed E-state index contributed by atoms with van der Waals surface area (Å²) in [5.41, 5.74) is 1.02. The molecule has 1 aliphatic heterocycles. The number of nitrogens with zero attached hydrogens (tertiary/aromatic N) is 1. The number of amidine groups is 1. The van der Waals surface area contributed by atoms with Crippen LogP contribution in [-0.4, -0.2) is 5.84 Å². The Morgan fingerprint density at radius 2 is 2.00 bits per heavy atom. The van der Waals surface area contributed by atoms with Gasteiger partial charge >= 0.3 is 0 Å². The molecule has 1 aliphatic rings. The summed E-state index contributed by atoms with van der Waals surface area (Å²) in [6.07, 6.45) is 6.07. The standard InChI is InChI=1S/C12H11ClN2/c13-10-5-4-8-14-12(9-10)15-11-6-2-1-3-7-11/h1-8H,9H2,(H,14,15). The molecule has 0 saturated carbocycles. The van der Waals surface area contributed by atoms with Crippen LogP contribution in [0.5, 0.6) is 0 Å². The minimum atomic E-state index is 0.642. The predicted octanol–water partition coefficient (Wildman–Crippen LogP) is 3.54. The lowest BCUT2D eigenvalue weighted by Gasteiger charge is -2.07. The van der Waals surface area contributed by atoms with Gasteiger partial charge in [-0.05, 0) is 24.3 Å². The predicted molar refractivity (Wildman–Crippen MR) is 65.2 cm³/mol. The van der Waals surface area contributed by atoms with Crippen molar-refractivity contribution in [2.24, 2.45) is 4.99 Å². The summed E-state index contributed by atoms with van der Waals surface area (Å²) >= 11 is 5.97. The van der Waals surface area contributed by atoms with Crippen molar-refractivity contribution >= 4 is 23.1 Å². The van der Waals surface area contributed by atoms with Gasteiger partial charge in [0.1, 0.15) is 5.84 Å². The minimum absolute atomic E-state index is 0.642. The van der Waals surface area contributed by atoms with E-state index in [0.717, 1.165) is 16.6 Å². The van der Waals surface area contributed by atoms with Crippen LogP contribution in [0.1, 0.15) is 6.42 Å². The normalized spacial score (nSPS) is 15.3. The maximum atomic E-state index is 5.97. The molecule has 0 bridgehead atoms. The molecule has 2 rings (SSSR count). The summed E-state index contributed by atoms with van der Waals surface area (Å²) in [5, 5.41) is 4.01. The van der Waals surface area contributed by atoms with Gasteiger partial charge in [0, 0.05) is 23.3 Å². The molecule has 1 N–H and O–H groups in total. The first kappa shape index (κ1) is 9.99. The SMILES string of the molecule is ClC1=CC=CN=C(Nc2ccccc2)C1. The average Bonchev–Trinajstić information content (AvgIpc) is 2.44. The molecular weight excluding hydrogens is 208 g/mol. The van der Waals surface area contributed by atoms with Gasteiger partial charge in [0.2, 0.25) is 0 Å². The monoisotopic (exact) mass is 218 g/mol. The summed E-state index contributed by atoms with van der Waals surface area (Å²) in [5.74, 6) is 0.858. The molecule has 76 valence electrons. The zero-order valence-electron chi connectivity index (χ0n) is 8.15. The van der Waals surface area contributed by atoms with E-state index in [2.05, 4.69) is 10.3 Å². The largest absolute Gasteiger partial charge is 0.343 e. The number of aliphatic imine (C=N–C) groups is 1. The summed E-state index contributed by atoms with van der Waals surface area (Å²) < 4.78 is 0. The fraction of sp³-hybridized carbons (Fsp3) is 0.0833. The second kappa shape index (κ2) is 4.80. The topological polar surface area (TPSA) is 24.4 Å². The van der Waals surface area contributed by atoms with E-state index in [1.54, 1.807) is 6.20 Å². The molecule has 3 heteroatoms. The van der Waals surface area contributed by atoms with E-state index in [0.29, 0.717) is 6.42 Å². The van der Waals surface area contributed by atoms with Crippen LogP contribution in [0.2, 0.25) is 0 Å². The lowest BCUT2D eigenvalue weighted by molar-refractivity contribution is 1.37. The highest BCUT2D eigenvalue weighted by Gasteiger charge is 2.03. The van der Waals surface area contributed by atoms with E-state index in [9.17, 15) is 0 Å². The third-order valence-corrected chi connectivity index (χ3v) is 2.25. The highest BCUT2D eigenvalue weighted by molar-refractivity contribution is 6.31. The van der Waals surface area contributed by atoms with Crippen molar-refractivity contribution in [2.75, 3.05) is 5.32 Å². The van der Waals surface area contributed by atoms with Crippen molar-refractivity contribution < 1.29 is 0 Å². The number of benzene rings is 1. The van der Waals surface area contributed by atoms with Gasteiger partial charge in [-0.1, -0.05) is 29.8 Å². The number of anilines is 1. The molecular formula is C12H11ClN2. The minimum Gasteiger partial charge on any atom is -0.343 e. The Labute approximate surface area is 94.0 Å². The molecule has 0 fully saturated rings. The van der Waals surface area contributed by atoms with Crippen LogP contribution in [0.4, 0.5) is 5.69 Å². The first-order chi connectivity index (χ1) is 7.34. The van der Waals surface area contributed by atoms with Gasteiger partial charge in [-0.15, -0.1) is 0 Å². The van der Waals surface area contributed by atoms with Crippen LogP contribution in [-0.2, 0) is 0 Å². The first-order valence-corrected chi connectivity index (χ1v) is 5.12. The van der Waals surface area contributed by atoms with Gasteiger partial charge in [0.25, 0.3) is 0 Å². The average molecular weight is 219 g/mol. The van der Waals surface area contributed by atoms with Gasteiger partial charge < -0.3 is 5.32 Å². The molecule has 0 unspecified atom stereocenters. The van der Waals surface area contributed by atoms with Crippen molar-refractivity contribution in [3.63, 3.8) is 0 Å². The highest BCUT2D eigenvalue weighted by atomic mass is 35.5. The Hall–Kier alpha value is -1.54. The molecule has 0 radical (unpaired) electrons. The van der Waals surface area contributed by atoms with Crippen LogP contribution in [0.15, 0.2) is 58.7 Å². The van der Waals surface area contributed by atoms with E-state index in [1.165, 1.54) is 0 Å². The zero-order valence-corrected chi connectivity index (χ0v) is 8.91. The van der Waals surface area contributed by atoms with Crippen LogP contribution in [0, 0.1) is 0 Å². The Morgan fingerprint density at radius 3 is 2.80 bits per heavy atom. The Balaban J connectivity index is 2.10. The molecule has 15 heavy (non-hydrogen) atoms. The summed E-state index contributed by atoms with van der Waals surface area (Å²) in [6, 6.07) is 9.93. The molecule has 0 aromatic heterocycles. The van der Waals surface area contributed by atoms with Crippen molar-refractivity contribution in [1.82, 2.24) is 0 Å². The molecule has 1 aromatic rings. The highest BCUT2D eigenvalue weighted by Crippen LogP contribution is 2.14. The number of para-hydroxylation sites is 1. The Morgan fingerprint density at radius 1 is 1.20 bits per heavy atom. The smallest absolute Gasteiger partial charge is 0.111 e. The van der Waals surface area contributed by atoms with E-state index >= 15 is 0 Å². The summed E-state index contributed by atoms with van der Waals surface area (Å²) in [4.78, 5) is 4.26. The first-order valence-electron chi connectivity index (χ1n) is 4.74. The maximum absolute atomic E-state index is 5.97. The zero-order chi connectivity index (χ0) is 10.5. The third-order valence-electron chi connectivity index (χ3n) is 1.99. The second-order valence-corrected chi connectivity index (χ2v) is 3.68. The van der Waals surface area contributed by atoms with E-state index in [4.69, 9.17) is 11.6 Å². The van der Waals surface area contributed by atoms with Crippen molar-refractivity contribution in [1.29, 1.82) is 0 Å². The molecule has 0 saturated heterocycles. The lowest BCUT2D eigenvalue weighted by Crippen LogP contribution is -2.11. The number of hydrogen-bond acceptors (Lipinski definition) is 2. The van der Waals surface area contributed by atoms with Crippen LogP contribution < -0.4 is 5.32 Å². The molecule has 0 aliphatic carbocycles. The Kier molecular flexibility index (Phi) is 3.20. The van der Waals surface area contributed by atoms with Crippen LogP contribution >= 0.6 is 11.6 Å². The van der Waals surface area contributed by atoms with Crippen molar-refractivity contribution in [3.8, 4) is 0 Å².